The summed E-state index contributed by atoms with van der Waals surface area (Å²) in [5, 5.41) is 6.43. The van der Waals surface area contributed by atoms with Crippen LogP contribution in [-0.2, 0) is 4.79 Å². The molecular weight excluding hydrogens is 300 g/mol. The number of amides is 1. The molecule has 5 nitrogen and oxygen atoms in total. The first-order valence-corrected chi connectivity index (χ1v) is 9.44. The standard InChI is InChI=1S/C19H30N4O/c1-15(16-6-5-9-20-13-16)12-19(24)22-17-7-8-18(21-14-17)23-10-3-2-4-11-23/h7-8,14-16,20H,2-6,9-13H2,1H3,(H,22,24). The molecule has 3 heterocycles. The number of carbonyl (C=O) groups is 1. The number of hydrogen-bond acceptors (Lipinski definition) is 4. The second-order valence-corrected chi connectivity index (χ2v) is 7.29. The van der Waals surface area contributed by atoms with Crippen molar-refractivity contribution < 1.29 is 4.79 Å². The minimum atomic E-state index is 0.0978. The maximum Gasteiger partial charge on any atom is 0.224 e. The van der Waals surface area contributed by atoms with Gasteiger partial charge in [0.2, 0.25) is 5.91 Å². The molecular formula is C19H30N4O. The summed E-state index contributed by atoms with van der Waals surface area (Å²) < 4.78 is 0. The lowest BCUT2D eigenvalue weighted by atomic mass is 9.85. The van der Waals surface area contributed by atoms with Crippen LogP contribution >= 0.6 is 0 Å². The van der Waals surface area contributed by atoms with Crippen LogP contribution in [0.2, 0.25) is 0 Å². The van der Waals surface area contributed by atoms with Gasteiger partial charge in [0.15, 0.2) is 0 Å². The van der Waals surface area contributed by atoms with E-state index in [-0.39, 0.29) is 5.91 Å². The fourth-order valence-corrected chi connectivity index (χ4v) is 3.81. The van der Waals surface area contributed by atoms with E-state index in [4.69, 9.17) is 0 Å². The van der Waals surface area contributed by atoms with E-state index in [9.17, 15) is 4.79 Å². The highest BCUT2D eigenvalue weighted by Crippen LogP contribution is 2.23. The molecule has 0 aromatic carbocycles. The van der Waals surface area contributed by atoms with Gasteiger partial charge in [0.05, 0.1) is 11.9 Å². The molecule has 2 N–H and O–H groups in total. The molecule has 2 aliphatic heterocycles. The average Bonchev–Trinajstić information content (AvgIpc) is 2.64. The van der Waals surface area contributed by atoms with Crippen molar-refractivity contribution >= 4 is 17.4 Å². The average molecular weight is 330 g/mol. The Hall–Kier alpha value is -1.62. The van der Waals surface area contributed by atoms with Crippen molar-refractivity contribution in [3.8, 4) is 0 Å². The zero-order valence-corrected chi connectivity index (χ0v) is 14.8. The predicted octanol–water partition coefficient (Wildman–Crippen LogP) is 3.04. The summed E-state index contributed by atoms with van der Waals surface area (Å²) in [5.41, 5.74) is 0.801. The predicted molar refractivity (Wildman–Crippen MR) is 98.3 cm³/mol. The van der Waals surface area contributed by atoms with Gasteiger partial charge in [-0.2, -0.15) is 0 Å². The summed E-state index contributed by atoms with van der Waals surface area (Å²) >= 11 is 0. The van der Waals surface area contributed by atoms with E-state index in [0.717, 1.165) is 37.7 Å². The molecule has 132 valence electrons. The molecule has 0 bridgehead atoms. The van der Waals surface area contributed by atoms with Crippen LogP contribution in [0.5, 0.6) is 0 Å². The molecule has 2 atom stereocenters. The van der Waals surface area contributed by atoms with Crippen LogP contribution in [0.3, 0.4) is 0 Å². The van der Waals surface area contributed by atoms with Crippen molar-refractivity contribution in [1.29, 1.82) is 0 Å². The van der Waals surface area contributed by atoms with Crippen molar-refractivity contribution in [2.24, 2.45) is 11.8 Å². The lowest BCUT2D eigenvalue weighted by molar-refractivity contribution is -0.117. The summed E-state index contributed by atoms with van der Waals surface area (Å²) in [6.45, 7) is 6.53. The highest BCUT2D eigenvalue weighted by atomic mass is 16.1. The number of aromatic nitrogens is 1. The van der Waals surface area contributed by atoms with Gasteiger partial charge in [-0.15, -0.1) is 0 Å². The minimum absolute atomic E-state index is 0.0978. The fourth-order valence-electron chi connectivity index (χ4n) is 3.81. The Kier molecular flexibility index (Phi) is 6.07. The zero-order chi connectivity index (χ0) is 16.8. The first-order valence-electron chi connectivity index (χ1n) is 9.44. The highest BCUT2D eigenvalue weighted by molar-refractivity contribution is 5.90. The molecule has 0 aliphatic carbocycles. The Morgan fingerprint density at radius 2 is 2.17 bits per heavy atom. The van der Waals surface area contributed by atoms with Crippen LogP contribution in [0.4, 0.5) is 11.5 Å². The van der Waals surface area contributed by atoms with E-state index in [1.165, 1.54) is 32.1 Å². The molecule has 0 radical (unpaired) electrons. The molecule has 2 saturated heterocycles. The summed E-state index contributed by atoms with van der Waals surface area (Å²) in [6, 6.07) is 4.00. The number of nitrogens with one attached hydrogen (secondary N) is 2. The third-order valence-electron chi connectivity index (χ3n) is 5.36. The normalized spacial score (nSPS) is 22.9. The zero-order valence-electron chi connectivity index (χ0n) is 14.8. The summed E-state index contributed by atoms with van der Waals surface area (Å²) in [6.07, 6.45) is 8.63. The topological polar surface area (TPSA) is 57.3 Å². The Morgan fingerprint density at radius 3 is 2.83 bits per heavy atom. The van der Waals surface area contributed by atoms with Gasteiger partial charge in [-0.3, -0.25) is 4.79 Å². The number of carbonyl (C=O) groups excluding carboxylic acids is 1. The molecule has 1 amide bonds. The molecule has 2 fully saturated rings. The van der Waals surface area contributed by atoms with Crippen molar-refractivity contribution in [3.05, 3.63) is 18.3 Å². The first kappa shape index (κ1) is 17.2. The van der Waals surface area contributed by atoms with E-state index in [1.807, 2.05) is 12.1 Å². The maximum atomic E-state index is 12.3. The maximum absolute atomic E-state index is 12.3. The van der Waals surface area contributed by atoms with Gasteiger partial charge >= 0.3 is 0 Å². The third-order valence-corrected chi connectivity index (χ3v) is 5.36. The Morgan fingerprint density at radius 1 is 1.33 bits per heavy atom. The van der Waals surface area contributed by atoms with Crippen molar-refractivity contribution in [1.82, 2.24) is 10.3 Å². The molecule has 3 rings (SSSR count). The highest BCUT2D eigenvalue weighted by Gasteiger charge is 2.22. The molecule has 2 aliphatic rings. The van der Waals surface area contributed by atoms with Crippen LogP contribution in [-0.4, -0.2) is 37.1 Å². The van der Waals surface area contributed by atoms with E-state index in [2.05, 4.69) is 27.4 Å². The largest absolute Gasteiger partial charge is 0.357 e. The second-order valence-electron chi connectivity index (χ2n) is 7.29. The lowest BCUT2D eigenvalue weighted by Gasteiger charge is -2.28. The lowest BCUT2D eigenvalue weighted by Crippen LogP contribution is -2.34. The summed E-state index contributed by atoms with van der Waals surface area (Å²) in [4.78, 5) is 19.1. The molecule has 5 heteroatoms. The molecule has 1 aromatic rings. The monoisotopic (exact) mass is 330 g/mol. The van der Waals surface area contributed by atoms with E-state index < -0.39 is 0 Å². The first-order chi connectivity index (χ1) is 11.7. The number of hydrogen-bond donors (Lipinski definition) is 2. The number of rotatable bonds is 5. The second kappa shape index (κ2) is 8.47. The van der Waals surface area contributed by atoms with Crippen molar-refractivity contribution in [2.75, 3.05) is 36.4 Å². The molecule has 2 unspecified atom stereocenters. The van der Waals surface area contributed by atoms with Gasteiger partial charge in [-0.25, -0.2) is 4.98 Å². The van der Waals surface area contributed by atoms with Gasteiger partial charge in [-0.05, 0) is 69.2 Å². The van der Waals surface area contributed by atoms with Gasteiger partial charge in [0.1, 0.15) is 5.82 Å². The van der Waals surface area contributed by atoms with Crippen LogP contribution in [0, 0.1) is 11.8 Å². The van der Waals surface area contributed by atoms with Crippen LogP contribution in [0.1, 0.15) is 45.4 Å². The molecule has 0 spiro atoms. The number of nitrogens with zero attached hydrogens (tertiary/aromatic N) is 2. The van der Waals surface area contributed by atoms with E-state index >= 15 is 0 Å². The SMILES string of the molecule is CC(CC(=O)Nc1ccc(N2CCCCC2)nc1)C1CCCNC1. The third kappa shape index (κ3) is 4.69. The van der Waals surface area contributed by atoms with Gasteiger partial charge in [0, 0.05) is 19.5 Å². The van der Waals surface area contributed by atoms with Gasteiger partial charge in [-0.1, -0.05) is 6.92 Å². The number of piperidine rings is 2. The number of pyridine rings is 1. The van der Waals surface area contributed by atoms with E-state index in [0.29, 0.717) is 18.3 Å². The summed E-state index contributed by atoms with van der Waals surface area (Å²) in [5.74, 6) is 2.15. The quantitative estimate of drug-likeness (QED) is 0.871. The van der Waals surface area contributed by atoms with Gasteiger partial charge < -0.3 is 15.5 Å². The van der Waals surface area contributed by atoms with Gasteiger partial charge in [0.25, 0.3) is 0 Å². The van der Waals surface area contributed by atoms with Crippen LogP contribution in [0.25, 0.3) is 0 Å². The molecule has 24 heavy (non-hydrogen) atoms. The minimum Gasteiger partial charge on any atom is -0.357 e. The van der Waals surface area contributed by atoms with Crippen LogP contribution < -0.4 is 15.5 Å². The summed E-state index contributed by atoms with van der Waals surface area (Å²) in [7, 11) is 0. The smallest absolute Gasteiger partial charge is 0.224 e. The van der Waals surface area contributed by atoms with Crippen molar-refractivity contribution in [2.45, 2.75) is 45.4 Å². The Labute approximate surface area is 145 Å². The molecule has 1 aromatic heterocycles. The Bertz CT molecular complexity index is 519. The fraction of sp³-hybridized carbons (Fsp3) is 0.684. The Balaban J connectivity index is 1.48. The van der Waals surface area contributed by atoms with Crippen molar-refractivity contribution in [3.63, 3.8) is 0 Å². The van der Waals surface area contributed by atoms with E-state index in [1.54, 1.807) is 6.20 Å². The number of anilines is 2. The molecule has 0 saturated carbocycles. The van der Waals surface area contributed by atoms with Crippen LogP contribution in [0.15, 0.2) is 18.3 Å².